The molecule has 8 heteroatoms. The fourth-order valence-corrected chi connectivity index (χ4v) is 4.30. The first-order valence-electron chi connectivity index (χ1n) is 9.67. The Morgan fingerprint density at radius 1 is 1.07 bits per heavy atom. The average Bonchev–Trinajstić information content (AvgIpc) is 3.32. The van der Waals surface area contributed by atoms with Crippen LogP contribution >= 0.6 is 0 Å². The third-order valence-electron chi connectivity index (χ3n) is 5.87. The van der Waals surface area contributed by atoms with Gasteiger partial charge in [-0.2, -0.15) is 0 Å². The Balaban J connectivity index is 1.48. The number of imide groups is 1. The number of carbonyl (C=O) groups is 3. The van der Waals surface area contributed by atoms with Crippen molar-refractivity contribution in [1.82, 2.24) is 14.7 Å². The number of fused-ring (bicyclic) bond motifs is 2. The molecule has 4 amide bonds. The number of carbonyl (C=O) groups excluding carboxylic acids is 3. The summed E-state index contributed by atoms with van der Waals surface area (Å²) in [4.78, 5) is 42.6. The Bertz CT molecular complexity index is 767. The minimum absolute atomic E-state index is 0.0146. The normalized spacial score (nSPS) is 21.1. The second kappa shape index (κ2) is 7.33. The minimum Gasteiger partial charge on any atom is -0.493 e. The number of hydrogen-bond acceptors (Lipinski definition) is 5. The lowest BCUT2D eigenvalue weighted by atomic mass is 9.94. The van der Waals surface area contributed by atoms with Gasteiger partial charge in [-0.05, 0) is 36.1 Å². The van der Waals surface area contributed by atoms with E-state index in [9.17, 15) is 14.4 Å². The van der Waals surface area contributed by atoms with E-state index >= 15 is 0 Å². The van der Waals surface area contributed by atoms with E-state index in [1.165, 1.54) is 4.90 Å². The van der Waals surface area contributed by atoms with Gasteiger partial charge in [-0.1, -0.05) is 0 Å². The van der Waals surface area contributed by atoms with Gasteiger partial charge in [-0.15, -0.1) is 0 Å². The van der Waals surface area contributed by atoms with Crippen molar-refractivity contribution in [3.63, 3.8) is 0 Å². The fourth-order valence-electron chi connectivity index (χ4n) is 4.30. The number of likely N-dealkylation sites (tertiary alicyclic amines) is 1. The van der Waals surface area contributed by atoms with Crippen molar-refractivity contribution in [2.75, 3.05) is 33.9 Å². The van der Waals surface area contributed by atoms with E-state index in [0.717, 1.165) is 37.1 Å². The van der Waals surface area contributed by atoms with E-state index in [1.807, 2.05) is 17.0 Å². The van der Waals surface area contributed by atoms with Gasteiger partial charge in [0.15, 0.2) is 11.5 Å². The van der Waals surface area contributed by atoms with Crippen LogP contribution in [0.15, 0.2) is 12.1 Å². The number of rotatable bonds is 5. The van der Waals surface area contributed by atoms with Gasteiger partial charge >= 0.3 is 6.03 Å². The van der Waals surface area contributed by atoms with E-state index in [0.29, 0.717) is 24.5 Å². The molecular formula is C20H25N3O5. The van der Waals surface area contributed by atoms with Crippen LogP contribution in [0.3, 0.4) is 0 Å². The summed E-state index contributed by atoms with van der Waals surface area (Å²) in [6.07, 6.45) is 2.67. The maximum atomic E-state index is 12.9. The second-order valence-electron chi connectivity index (χ2n) is 7.43. The predicted molar refractivity (Wildman–Crippen MR) is 100 cm³/mol. The summed E-state index contributed by atoms with van der Waals surface area (Å²) in [5.41, 5.74) is 1.93. The topological polar surface area (TPSA) is 79.4 Å². The van der Waals surface area contributed by atoms with Crippen LogP contribution in [0, 0.1) is 0 Å². The van der Waals surface area contributed by atoms with Crippen LogP contribution in [-0.2, 0) is 22.6 Å². The molecule has 0 spiro atoms. The molecule has 3 aliphatic rings. The van der Waals surface area contributed by atoms with Crippen LogP contribution in [-0.4, -0.2) is 72.4 Å². The first-order valence-corrected chi connectivity index (χ1v) is 9.67. The second-order valence-corrected chi connectivity index (χ2v) is 7.43. The zero-order chi connectivity index (χ0) is 19.8. The van der Waals surface area contributed by atoms with Crippen LogP contribution < -0.4 is 9.47 Å². The summed E-state index contributed by atoms with van der Waals surface area (Å²) in [7, 11) is 3.14. The predicted octanol–water partition coefficient (Wildman–Crippen LogP) is 1.41. The molecule has 28 heavy (non-hydrogen) atoms. The van der Waals surface area contributed by atoms with E-state index in [-0.39, 0.29) is 30.8 Å². The summed E-state index contributed by atoms with van der Waals surface area (Å²) < 4.78 is 10.7. The van der Waals surface area contributed by atoms with Crippen molar-refractivity contribution in [1.29, 1.82) is 0 Å². The molecule has 0 aliphatic carbocycles. The summed E-state index contributed by atoms with van der Waals surface area (Å²) in [6, 6.07) is 2.91. The highest BCUT2D eigenvalue weighted by molar-refractivity contribution is 6.05. The van der Waals surface area contributed by atoms with Crippen molar-refractivity contribution >= 4 is 17.8 Å². The minimum atomic E-state index is -0.514. The first kappa shape index (κ1) is 18.6. The molecule has 150 valence electrons. The van der Waals surface area contributed by atoms with Crippen LogP contribution in [0.5, 0.6) is 11.5 Å². The molecule has 1 aromatic rings. The largest absolute Gasteiger partial charge is 0.493 e. The Labute approximate surface area is 164 Å². The molecule has 1 aromatic carbocycles. The monoisotopic (exact) mass is 387 g/mol. The van der Waals surface area contributed by atoms with Crippen LogP contribution in [0.2, 0.25) is 0 Å². The number of nitrogens with zero attached hydrogens (tertiary/aromatic N) is 3. The molecule has 2 fully saturated rings. The molecule has 0 bridgehead atoms. The molecule has 2 saturated heterocycles. The molecule has 0 aromatic heterocycles. The number of methoxy groups -OCH3 is 2. The van der Waals surface area contributed by atoms with E-state index in [2.05, 4.69) is 0 Å². The summed E-state index contributed by atoms with van der Waals surface area (Å²) in [6.45, 7) is 2.04. The fraction of sp³-hybridized carbons (Fsp3) is 0.550. The molecule has 3 aliphatic heterocycles. The lowest BCUT2D eigenvalue weighted by Crippen LogP contribution is -2.40. The molecule has 0 unspecified atom stereocenters. The Morgan fingerprint density at radius 3 is 2.36 bits per heavy atom. The number of ether oxygens (including phenoxy) is 2. The summed E-state index contributed by atoms with van der Waals surface area (Å²) in [5.74, 6) is 1.01. The van der Waals surface area contributed by atoms with E-state index in [4.69, 9.17) is 9.47 Å². The molecule has 0 N–H and O–H groups in total. The van der Waals surface area contributed by atoms with Gasteiger partial charge in [0.25, 0.3) is 5.91 Å². The van der Waals surface area contributed by atoms with Gasteiger partial charge in [0.1, 0.15) is 6.04 Å². The third kappa shape index (κ3) is 3.06. The van der Waals surface area contributed by atoms with Gasteiger partial charge in [0.05, 0.1) is 14.2 Å². The first-order chi connectivity index (χ1) is 13.5. The zero-order valence-electron chi connectivity index (χ0n) is 16.3. The van der Waals surface area contributed by atoms with Crippen LogP contribution in [0.4, 0.5) is 4.79 Å². The lowest BCUT2D eigenvalue weighted by Gasteiger charge is -2.29. The molecule has 3 heterocycles. The highest BCUT2D eigenvalue weighted by Gasteiger charge is 2.47. The maximum absolute atomic E-state index is 12.9. The van der Waals surface area contributed by atoms with Gasteiger partial charge < -0.3 is 19.3 Å². The van der Waals surface area contributed by atoms with Crippen molar-refractivity contribution in [2.45, 2.75) is 38.3 Å². The smallest absolute Gasteiger partial charge is 0.327 e. The van der Waals surface area contributed by atoms with Crippen molar-refractivity contribution in [3.8, 4) is 11.5 Å². The van der Waals surface area contributed by atoms with E-state index in [1.54, 1.807) is 19.1 Å². The van der Waals surface area contributed by atoms with Gasteiger partial charge in [-0.3, -0.25) is 14.5 Å². The van der Waals surface area contributed by atoms with E-state index < -0.39 is 6.04 Å². The molecule has 8 nitrogen and oxygen atoms in total. The number of urea groups is 1. The zero-order valence-corrected chi connectivity index (χ0v) is 16.3. The lowest BCUT2D eigenvalue weighted by molar-refractivity contribution is -0.131. The number of benzene rings is 1. The van der Waals surface area contributed by atoms with Crippen molar-refractivity contribution in [2.24, 2.45) is 0 Å². The van der Waals surface area contributed by atoms with Crippen LogP contribution in [0.1, 0.15) is 30.4 Å². The highest BCUT2D eigenvalue weighted by atomic mass is 16.5. The third-order valence-corrected chi connectivity index (χ3v) is 5.87. The highest BCUT2D eigenvalue weighted by Crippen LogP contribution is 2.37. The standard InChI is InChI=1S/C20H25N3O5/c1-27-16-10-13-9-15-19(25)22(8-5-18(24)21-6-3-4-7-21)20(26)23(15)12-14(13)11-17(16)28-2/h10-11,15H,3-9,12H2,1-2H3/t15-/m1/s1. The molecule has 0 saturated carbocycles. The quantitative estimate of drug-likeness (QED) is 0.714. The SMILES string of the molecule is COc1cc2c(cc1OC)CN1C(=O)N(CCC(=O)N3CCCC3)C(=O)[C@H]1C2. The number of amides is 4. The average molecular weight is 387 g/mol. The van der Waals surface area contributed by atoms with Crippen LogP contribution in [0.25, 0.3) is 0 Å². The molecule has 0 radical (unpaired) electrons. The Morgan fingerprint density at radius 2 is 1.71 bits per heavy atom. The van der Waals surface area contributed by atoms with Crippen molar-refractivity contribution in [3.05, 3.63) is 23.3 Å². The van der Waals surface area contributed by atoms with Gasteiger partial charge in [-0.25, -0.2) is 4.79 Å². The molecule has 4 rings (SSSR count). The molecule has 1 atom stereocenters. The number of hydrogen-bond donors (Lipinski definition) is 0. The Hall–Kier alpha value is -2.77. The van der Waals surface area contributed by atoms with Gasteiger partial charge in [0.2, 0.25) is 5.91 Å². The summed E-state index contributed by atoms with van der Waals surface area (Å²) in [5, 5.41) is 0. The van der Waals surface area contributed by atoms with Crippen molar-refractivity contribution < 1.29 is 23.9 Å². The maximum Gasteiger partial charge on any atom is 0.327 e. The summed E-state index contributed by atoms with van der Waals surface area (Å²) >= 11 is 0. The molecular weight excluding hydrogens is 362 g/mol. The van der Waals surface area contributed by atoms with Gasteiger partial charge in [0, 0.05) is 39.0 Å². The Kier molecular flexibility index (Phi) is 4.87.